The molecule has 0 aliphatic carbocycles. The van der Waals surface area contributed by atoms with E-state index in [1.165, 1.54) is 0 Å². The van der Waals surface area contributed by atoms with E-state index in [0.717, 1.165) is 24.2 Å². The Morgan fingerprint density at radius 1 is 1.27 bits per heavy atom. The molecule has 1 atom stereocenters. The maximum Gasteiger partial charge on any atom is 0.242 e. The van der Waals surface area contributed by atoms with E-state index >= 15 is 0 Å². The average molecular weight is 300 g/mol. The van der Waals surface area contributed by atoms with Crippen LogP contribution in [0.3, 0.4) is 0 Å². The smallest absolute Gasteiger partial charge is 0.242 e. The number of aromatic nitrogens is 2. The van der Waals surface area contributed by atoms with Crippen molar-refractivity contribution >= 4 is 5.91 Å². The lowest BCUT2D eigenvalue weighted by Crippen LogP contribution is -2.33. The molecular formula is C17H24N4O. The Morgan fingerprint density at radius 3 is 2.59 bits per heavy atom. The van der Waals surface area contributed by atoms with Gasteiger partial charge in [-0.05, 0) is 45.6 Å². The van der Waals surface area contributed by atoms with Crippen LogP contribution in [0.25, 0.3) is 0 Å². The summed E-state index contributed by atoms with van der Waals surface area (Å²) in [6.07, 6.45) is 2.70. The largest absolute Gasteiger partial charge is 0.348 e. The first-order valence-corrected chi connectivity index (χ1v) is 7.53. The first-order chi connectivity index (χ1) is 10.5. The van der Waals surface area contributed by atoms with Crippen LogP contribution < -0.4 is 5.32 Å². The number of nitrogens with zero attached hydrogens (tertiary/aromatic N) is 3. The van der Waals surface area contributed by atoms with Gasteiger partial charge >= 0.3 is 0 Å². The quantitative estimate of drug-likeness (QED) is 0.851. The van der Waals surface area contributed by atoms with E-state index in [4.69, 9.17) is 0 Å². The minimum Gasteiger partial charge on any atom is -0.348 e. The van der Waals surface area contributed by atoms with Crippen LogP contribution in [0.4, 0.5) is 0 Å². The zero-order valence-electron chi connectivity index (χ0n) is 13.5. The van der Waals surface area contributed by atoms with Gasteiger partial charge in [0.2, 0.25) is 5.91 Å². The monoisotopic (exact) mass is 300 g/mol. The number of carbonyl (C=O) groups is 1. The molecule has 0 saturated carbocycles. The fourth-order valence-electron chi connectivity index (χ4n) is 2.33. The van der Waals surface area contributed by atoms with Gasteiger partial charge in [0, 0.05) is 6.20 Å². The molecule has 2 rings (SSSR count). The van der Waals surface area contributed by atoms with E-state index in [0.29, 0.717) is 0 Å². The zero-order valence-corrected chi connectivity index (χ0v) is 13.5. The molecular weight excluding hydrogens is 276 g/mol. The number of rotatable bonds is 7. The van der Waals surface area contributed by atoms with Gasteiger partial charge in [-0.2, -0.15) is 5.10 Å². The summed E-state index contributed by atoms with van der Waals surface area (Å²) in [6.45, 7) is 3.08. The molecule has 0 saturated heterocycles. The van der Waals surface area contributed by atoms with E-state index in [1.807, 2.05) is 51.5 Å². The summed E-state index contributed by atoms with van der Waals surface area (Å²) in [6, 6.07) is 12.0. The highest BCUT2D eigenvalue weighted by molar-refractivity contribution is 5.76. The molecule has 0 bridgehead atoms. The van der Waals surface area contributed by atoms with Crippen LogP contribution in [0.2, 0.25) is 0 Å². The third-order valence-electron chi connectivity index (χ3n) is 3.48. The van der Waals surface area contributed by atoms with Crippen LogP contribution in [0, 0.1) is 6.92 Å². The predicted molar refractivity (Wildman–Crippen MR) is 87.5 cm³/mol. The lowest BCUT2D eigenvalue weighted by molar-refractivity contribution is -0.122. The Labute approximate surface area is 131 Å². The minimum atomic E-state index is -0.0179. The molecule has 0 aliphatic rings. The highest BCUT2D eigenvalue weighted by Gasteiger charge is 2.15. The molecule has 0 fully saturated rings. The molecule has 0 unspecified atom stereocenters. The number of nitrogens with one attached hydrogen (secondary N) is 1. The fraction of sp³-hybridized carbons (Fsp3) is 0.412. The van der Waals surface area contributed by atoms with E-state index in [-0.39, 0.29) is 18.5 Å². The summed E-state index contributed by atoms with van der Waals surface area (Å²) >= 11 is 0. The van der Waals surface area contributed by atoms with Crippen molar-refractivity contribution in [3.63, 3.8) is 0 Å². The van der Waals surface area contributed by atoms with Gasteiger partial charge in [-0.15, -0.1) is 0 Å². The van der Waals surface area contributed by atoms with Crippen LogP contribution in [0.5, 0.6) is 0 Å². The van der Waals surface area contributed by atoms with E-state index in [2.05, 4.69) is 27.4 Å². The first kappa shape index (κ1) is 16.2. The molecule has 1 amide bonds. The van der Waals surface area contributed by atoms with Crippen LogP contribution in [0.15, 0.2) is 42.6 Å². The van der Waals surface area contributed by atoms with Gasteiger partial charge in [-0.3, -0.25) is 9.48 Å². The van der Waals surface area contributed by atoms with Gasteiger partial charge in [-0.1, -0.05) is 30.3 Å². The lowest BCUT2D eigenvalue weighted by Gasteiger charge is -2.21. The van der Waals surface area contributed by atoms with Gasteiger partial charge in [0.05, 0.1) is 11.7 Å². The summed E-state index contributed by atoms with van der Waals surface area (Å²) < 4.78 is 1.67. The lowest BCUT2D eigenvalue weighted by atomic mass is 10.0. The van der Waals surface area contributed by atoms with E-state index < -0.39 is 0 Å². The van der Waals surface area contributed by atoms with Crippen molar-refractivity contribution in [3.8, 4) is 0 Å². The average Bonchev–Trinajstić information content (AvgIpc) is 2.89. The molecule has 1 heterocycles. The summed E-state index contributed by atoms with van der Waals surface area (Å²) in [7, 11) is 4.08. The molecule has 1 aromatic heterocycles. The SMILES string of the molecule is Cc1ccn(CC(=O)N[C@H](CCN(C)C)c2ccccc2)n1. The first-order valence-electron chi connectivity index (χ1n) is 7.53. The summed E-state index contributed by atoms with van der Waals surface area (Å²) in [5, 5.41) is 7.37. The van der Waals surface area contributed by atoms with Crippen LogP contribution in [0.1, 0.15) is 23.7 Å². The number of benzene rings is 1. The van der Waals surface area contributed by atoms with E-state index in [1.54, 1.807) is 4.68 Å². The molecule has 22 heavy (non-hydrogen) atoms. The molecule has 5 nitrogen and oxygen atoms in total. The number of hydrogen-bond donors (Lipinski definition) is 1. The van der Waals surface area contributed by atoms with Crippen molar-refractivity contribution in [2.24, 2.45) is 0 Å². The van der Waals surface area contributed by atoms with Gasteiger partial charge in [0.1, 0.15) is 6.54 Å². The normalized spacial score (nSPS) is 12.4. The summed E-state index contributed by atoms with van der Waals surface area (Å²) in [4.78, 5) is 14.4. The second kappa shape index (κ2) is 7.75. The van der Waals surface area contributed by atoms with Gasteiger partial charge in [-0.25, -0.2) is 0 Å². The molecule has 0 aliphatic heterocycles. The van der Waals surface area contributed by atoms with Crippen molar-refractivity contribution in [2.75, 3.05) is 20.6 Å². The molecule has 1 aromatic carbocycles. The molecule has 2 aromatic rings. The fourth-order valence-corrected chi connectivity index (χ4v) is 2.33. The van der Waals surface area contributed by atoms with Gasteiger partial charge < -0.3 is 10.2 Å². The van der Waals surface area contributed by atoms with Crippen LogP contribution in [-0.2, 0) is 11.3 Å². The maximum absolute atomic E-state index is 12.3. The molecule has 118 valence electrons. The molecule has 0 radical (unpaired) electrons. The Bertz CT molecular complexity index is 592. The Hall–Kier alpha value is -2.14. The van der Waals surface area contributed by atoms with Crippen LogP contribution >= 0.6 is 0 Å². The van der Waals surface area contributed by atoms with E-state index in [9.17, 15) is 4.79 Å². The second-order valence-corrected chi connectivity index (χ2v) is 5.78. The molecule has 5 heteroatoms. The second-order valence-electron chi connectivity index (χ2n) is 5.78. The number of hydrogen-bond acceptors (Lipinski definition) is 3. The summed E-state index contributed by atoms with van der Waals surface area (Å²) in [5.74, 6) is -0.0179. The van der Waals surface area contributed by atoms with Crippen molar-refractivity contribution in [2.45, 2.75) is 25.9 Å². The molecule has 0 spiro atoms. The van der Waals surface area contributed by atoms with Gasteiger partial charge in [0.25, 0.3) is 0 Å². The van der Waals surface area contributed by atoms with Crippen molar-refractivity contribution in [1.82, 2.24) is 20.0 Å². The third-order valence-corrected chi connectivity index (χ3v) is 3.48. The number of amides is 1. The Kier molecular flexibility index (Phi) is 5.72. The standard InChI is InChI=1S/C17H24N4O/c1-14-9-12-21(19-14)13-17(22)18-16(10-11-20(2)3)15-7-5-4-6-8-15/h4-9,12,16H,10-11,13H2,1-3H3,(H,18,22)/t16-/m1/s1. The highest BCUT2D eigenvalue weighted by atomic mass is 16.2. The topological polar surface area (TPSA) is 50.2 Å². The summed E-state index contributed by atoms with van der Waals surface area (Å²) in [5.41, 5.74) is 2.05. The highest BCUT2D eigenvalue weighted by Crippen LogP contribution is 2.16. The third kappa shape index (κ3) is 5.00. The Balaban J connectivity index is 2.00. The molecule has 1 N–H and O–H groups in total. The number of aryl methyl sites for hydroxylation is 1. The minimum absolute atomic E-state index is 0.0179. The van der Waals surface area contributed by atoms with Crippen LogP contribution in [-0.4, -0.2) is 41.2 Å². The Morgan fingerprint density at radius 2 is 2.00 bits per heavy atom. The number of carbonyl (C=O) groups excluding carboxylic acids is 1. The van der Waals surface area contributed by atoms with Crippen molar-refractivity contribution in [1.29, 1.82) is 0 Å². The zero-order chi connectivity index (χ0) is 15.9. The van der Waals surface area contributed by atoms with Crippen molar-refractivity contribution in [3.05, 3.63) is 53.9 Å². The van der Waals surface area contributed by atoms with Crippen molar-refractivity contribution < 1.29 is 4.79 Å². The predicted octanol–water partition coefficient (Wildman–Crippen LogP) is 2.00. The van der Waals surface area contributed by atoms with Gasteiger partial charge in [0.15, 0.2) is 0 Å². The maximum atomic E-state index is 12.3.